The molecule has 96 valence electrons. The number of phenols is 1. The molecule has 5 heteroatoms. The summed E-state index contributed by atoms with van der Waals surface area (Å²) in [7, 11) is -1.93. The Balaban J connectivity index is 2.95. The molecule has 0 amide bonds. The summed E-state index contributed by atoms with van der Waals surface area (Å²) in [5.74, 6) is 0.273. The SMILES string of the molecule is CCC(C)CN(C)S(=O)(=O)c1cccc(O)c1. The van der Waals surface area contributed by atoms with Gasteiger partial charge in [-0.3, -0.25) is 0 Å². The summed E-state index contributed by atoms with van der Waals surface area (Å²) in [6.45, 7) is 4.52. The smallest absolute Gasteiger partial charge is 0.242 e. The molecule has 0 bridgehead atoms. The van der Waals surface area contributed by atoms with E-state index in [2.05, 4.69) is 0 Å². The first-order chi connectivity index (χ1) is 7.87. The van der Waals surface area contributed by atoms with Crippen LogP contribution in [-0.4, -0.2) is 31.4 Å². The number of hydrogen-bond acceptors (Lipinski definition) is 3. The van der Waals surface area contributed by atoms with Crippen LogP contribution in [0.5, 0.6) is 5.75 Å². The van der Waals surface area contributed by atoms with Gasteiger partial charge < -0.3 is 5.11 Å². The second-order valence-corrected chi connectivity index (χ2v) is 6.34. The third-order valence-corrected chi connectivity index (χ3v) is 4.61. The predicted molar refractivity (Wildman–Crippen MR) is 67.4 cm³/mol. The maximum Gasteiger partial charge on any atom is 0.242 e. The Kier molecular flexibility index (Phi) is 4.54. The Morgan fingerprint density at radius 1 is 1.41 bits per heavy atom. The molecule has 0 saturated heterocycles. The van der Waals surface area contributed by atoms with Gasteiger partial charge in [-0.2, -0.15) is 0 Å². The molecule has 0 spiro atoms. The van der Waals surface area contributed by atoms with Gasteiger partial charge in [0.25, 0.3) is 0 Å². The number of aromatic hydroxyl groups is 1. The summed E-state index contributed by atoms with van der Waals surface area (Å²) >= 11 is 0. The number of hydrogen-bond donors (Lipinski definition) is 1. The van der Waals surface area contributed by atoms with Gasteiger partial charge in [0, 0.05) is 13.6 Å². The zero-order valence-corrected chi connectivity index (χ0v) is 11.2. The highest BCUT2D eigenvalue weighted by molar-refractivity contribution is 7.89. The van der Waals surface area contributed by atoms with Crippen molar-refractivity contribution in [2.45, 2.75) is 25.2 Å². The van der Waals surface area contributed by atoms with Crippen molar-refractivity contribution in [1.29, 1.82) is 0 Å². The van der Waals surface area contributed by atoms with Gasteiger partial charge in [0.15, 0.2) is 0 Å². The van der Waals surface area contributed by atoms with E-state index in [-0.39, 0.29) is 10.6 Å². The molecule has 4 nitrogen and oxygen atoms in total. The number of nitrogens with zero attached hydrogens (tertiary/aromatic N) is 1. The number of phenolic OH excluding ortho intramolecular Hbond substituents is 1. The Morgan fingerprint density at radius 2 is 2.06 bits per heavy atom. The molecule has 0 aliphatic heterocycles. The quantitative estimate of drug-likeness (QED) is 0.878. The monoisotopic (exact) mass is 257 g/mol. The molecule has 1 aromatic rings. The summed E-state index contributed by atoms with van der Waals surface area (Å²) in [4.78, 5) is 0.128. The molecule has 0 aliphatic carbocycles. The van der Waals surface area contributed by atoms with E-state index in [0.29, 0.717) is 12.5 Å². The van der Waals surface area contributed by atoms with E-state index in [4.69, 9.17) is 0 Å². The van der Waals surface area contributed by atoms with Crippen LogP contribution in [0.15, 0.2) is 29.2 Å². The van der Waals surface area contributed by atoms with Crippen molar-refractivity contribution in [3.05, 3.63) is 24.3 Å². The summed E-state index contributed by atoms with van der Waals surface area (Å²) in [6.07, 6.45) is 0.930. The van der Waals surface area contributed by atoms with E-state index in [1.54, 1.807) is 7.05 Å². The van der Waals surface area contributed by atoms with Crippen LogP contribution in [0.2, 0.25) is 0 Å². The van der Waals surface area contributed by atoms with Gasteiger partial charge in [-0.15, -0.1) is 0 Å². The first-order valence-corrected chi connectivity index (χ1v) is 7.07. The van der Waals surface area contributed by atoms with Gasteiger partial charge in [-0.1, -0.05) is 26.3 Å². The Morgan fingerprint density at radius 3 is 2.59 bits per heavy atom. The molecule has 1 aromatic carbocycles. The van der Waals surface area contributed by atoms with Gasteiger partial charge in [-0.25, -0.2) is 12.7 Å². The van der Waals surface area contributed by atoms with Crippen molar-refractivity contribution < 1.29 is 13.5 Å². The number of benzene rings is 1. The highest BCUT2D eigenvalue weighted by atomic mass is 32.2. The first-order valence-electron chi connectivity index (χ1n) is 5.63. The molecule has 1 atom stereocenters. The van der Waals surface area contributed by atoms with Crippen molar-refractivity contribution in [1.82, 2.24) is 4.31 Å². The van der Waals surface area contributed by atoms with E-state index in [1.165, 1.54) is 28.6 Å². The molecule has 0 saturated carbocycles. The van der Waals surface area contributed by atoms with Crippen molar-refractivity contribution in [3.63, 3.8) is 0 Å². The molecule has 0 fully saturated rings. The molecule has 0 aliphatic rings. The van der Waals surface area contributed by atoms with Gasteiger partial charge in [0.05, 0.1) is 4.90 Å². The number of sulfonamides is 1. The average Bonchev–Trinajstić information content (AvgIpc) is 2.28. The van der Waals surface area contributed by atoms with Crippen LogP contribution in [0.1, 0.15) is 20.3 Å². The van der Waals surface area contributed by atoms with Crippen LogP contribution in [-0.2, 0) is 10.0 Å². The lowest BCUT2D eigenvalue weighted by molar-refractivity contribution is 0.393. The predicted octanol–water partition coefficient (Wildman–Crippen LogP) is 2.06. The number of rotatable bonds is 5. The summed E-state index contributed by atoms with van der Waals surface area (Å²) in [5.41, 5.74) is 0. The molecule has 0 aromatic heterocycles. The Hall–Kier alpha value is -1.07. The van der Waals surface area contributed by atoms with E-state index in [0.717, 1.165) is 6.42 Å². The fourth-order valence-electron chi connectivity index (χ4n) is 1.49. The van der Waals surface area contributed by atoms with E-state index in [9.17, 15) is 13.5 Å². The second-order valence-electron chi connectivity index (χ2n) is 4.30. The highest BCUT2D eigenvalue weighted by Crippen LogP contribution is 2.20. The van der Waals surface area contributed by atoms with E-state index < -0.39 is 10.0 Å². The van der Waals surface area contributed by atoms with E-state index in [1.807, 2.05) is 13.8 Å². The standard InChI is InChI=1S/C12H19NO3S/c1-4-10(2)9-13(3)17(15,16)12-7-5-6-11(14)8-12/h5-8,10,14H,4,9H2,1-3H3. The third-order valence-electron chi connectivity index (χ3n) is 2.79. The molecular weight excluding hydrogens is 238 g/mol. The zero-order valence-electron chi connectivity index (χ0n) is 10.4. The Bertz CT molecular complexity index is 470. The van der Waals surface area contributed by atoms with Crippen molar-refractivity contribution in [3.8, 4) is 5.75 Å². The van der Waals surface area contributed by atoms with Crippen LogP contribution >= 0.6 is 0 Å². The maximum atomic E-state index is 12.2. The lowest BCUT2D eigenvalue weighted by atomic mass is 10.1. The molecule has 1 N–H and O–H groups in total. The van der Waals surface area contributed by atoms with Crippen LogP contribution in [0.4, 0.5) is 0 Å². The van der Waals surface area contributed by atoms with Gasteiger partial charge >= 0.3 is 0 Å². The molecule has 1 unspecified atom stereocenters. The Labute approximate surface area is 103 Å². The van der Waals surface area contributed by atoms with Crippen LogP contribution in [0.25, 0.3) is 0 Å². The minimum absolute atomic E-state index is 0.0389. The lowest BCUT2D eigenvalue weighted by Crippen LogP contribution is -2.30. The van der Waals surface area contributed by atoms with Gasteiger partial charge in [-0.05, 0) is 24.1 Å². The van der Waals surface area contributed by atoms with Gasteiger partial charge in [0.1, 0.15) is 5.75 Å². The molecular formula is C12H19NO3S. The topological polar surface area (TPSA) is 57.6 Å². The first kappa shape index (κ1) is 14.0. The highest BCUT2D eigenvalue weighted by Gasteiger charge is 2.22. The fraction of sp³-hybridized carbons (Fsp3) is 0.500. The lowest BCUT2D eigenvalue weighted by Gasteiger charge is -2.20. The molecule has 17 heavy (non-hydrogen) atoms. The van der Waals surface area contributed by atoms with Crippen molar-refractivity contribution in [2.75, 3.05) is 13.6 Å². The molecule has 1 rings (SSSR count). The summed E-state index contributed by atoms with van der Waals surface area (Å²) in [5, 5.41) is 9.30. The molecule has 0 heterocycles. The average molecular weight is 257 g/mol. The normalized spacial score (nSPS) is 13.9. The minimum Gasteiger partial charge on any atom is -0.508 e. The minimum atomic E-state index is -3.49. The van der Waals surface area contributed by atoms with Crippen LogP contribution in [0, 0.1) is 5.92 Å². The summed E-state index contributed by atoms with van der Waals surface area (Å²) < 4.78 is 25.6. The van der Waals surface area contributed by atoms with Crippen LogP contribution in [0.3, 0.4) is 0 Å². The second kappa shape index (κ2) is 5.51. The van der Waals surface area contributed by atoms with E-state index >= 15 is 0 Å². The van der Waals surface area contributed by atoms with Crippen molar-refractivity contribution in [2.24, 2.45) is 5.92 Å². The molecule has 0 radical (unpaired) electrons. The maximum absolute atomic E-state index is 12.2. The van der Waals surface area contributed by atoms with Crippen LogP contribution < -0.4 is 0 Å². The zero-order chi connectivity index (χ0) is 13.1. The van der Waals surface area contributed by atoms with Gasteiger partial charge in [0.2, 0.25) is 10.0 Å². The largest absolute Gasteiger partial charge is 0.508 e. The summed E-state index contributed by atoms with van der Waals surface area (Å²) in [6, 6.07) is 5.73. The van der Waals surface area contributed by atoms with Crippen molar-refractivity contribution >= 4 is 10.0 Å². The third kappa shape index (κ3) is 3.44. The fourth-order valence-corrected chi connectivity index (χ4v) is 2.82.